The van der Waals surface area contributed by atoms with Crippen LogP contribution in [0.25, 0.3) is 10.8 Å². The second-order valence-electron chi connectivity index (χ2n) is 6.81. The molecule has 2 aliphatic rings. The number of ether oxygens (including phenoxy) is 1. The number of rotatable bonds is 2. The molecule has 0 radical (unpaired) electrons. The van der Waals surface area contributed by atoms with Gasteiger partial charge in [-0.3, -0.25) is 9.59 Å². The number of hydrogen-bond acceptors (Lipinski definition) is 4. The summed E-state index contributed by atoms with van der Waals surface area (Å²) < 4.78 is 5.04. The van der Waals surface area contributed by atoms with Gasteiger partial charge < -0.3 is 9.64 Å². The van der Waals surface area contributed by atoms with Crippen LogP contribution in [0.1, 0.15) is 27.9 Å². The average Bonchev–Trinajstić information content (AvgIpc) is 3.02. The molecule has 2 heterocycles. The number of carbonyl (C=O) groups is 2. The second-order valence-corrected chi connectivity index (χ2v) is 7.56. The molecular weight excluding hydrogens is 346 g/mol. The molecule has 5 heteroatoms. The Morgan fingerprint density at radius 1 is 1.12 bits per heavy atom. The van der Waals surface area contributed by atoms with Gasteiger partial charge in [0.05, 0.1) is 13.0 Å². The number of methoxy groups -OCH3 is 1. The van der Waals surface area contributed by atoms with Crippen LogP contribution in [0.15, 0.2) is 53.2 Å². The van der Waals surface area contributed by atoms with Gasteiger partial charge in [0.15, 0.2) is 0 Å². The Bertz CT molecular complexity index is 1030. The Morgan fingerprint density at radius 2 is 1.85 bits per heavy atom. The van der Waals surface area contributed by atoms with Crippen LogP contribution in [0.3, 0.4) is 0 Å². The van der Waals surface area contributed by atoms with Crippen LogP contribution in [0, 0.1) is 5.92 Å². The SMILES string of the molecule is COC(=O)C1CCN(C(=O)c2cccc3ccccc23)C12c1cscc12. The van der Waals surface area contributed by atoms with Gasteiger partial charge >= 0.3 is 5.97 Å². The molecule has 0 saturated carbocycles. The highest BCUT2D eigenvalue weighted by molar-refractivity contribution is 7.08. The molecule has 1 spiro atoms. The zero-order valence-electron chi connectivity index (χ0n) is 14.3. The summed E-state index contributed by atoms with van der Waals surface area (Å²) in [5.74, 6) is -0.571. The number of esters is 1. The minimum atomic E-state index is -0.591. The Labute approximate surface area is 155 Å². The Morgan fingerprint density at radius 3 is 2.62 bits per heavy atom. The maximum absolute atomic E-state index is 13.5. The number of likely N-dealkylation sites (tertiary alicyclic amines) is 1. The van der Waals surface area contributed by atoms with Gasteiger partial charge in [-0.25, -0.2) is 0 Å². The van der Waals surface area contributed by atoms with Gasteiger partial charge in [0.1, 0.15) is 5.54 Å². The molecule has 26 heavy (non-hydrogen) atoms. The van der Waals surface area contributed by atoms with E-state index in [9.17, 15) is 9.59 Å². The lowest BCUT2D eigenvalue weighted by atomic mass is 9.93. The van der Waals surface area contributed by atoms with E-state index in [2.05, 4.69) is 10.8 Å². The number of amides is 1. The van der Waals surface area contributed by atoms with Gasteiger partial charge in [0, 0.05) is 12.1 Å². The van der Waals surface area contributed by atoms with Gasteiger partial charge in [-0.05, 0) is 45.1 Å². The van der Waals surface area contributed by atoms with E-state index in [-0.39, 0.29) is 17.8 Å². The number of benzene rings is 2. The fourth-order valence-corrected chi connectivity index (χ4v) is 5.50. The second kappa shape index (κ2) is 5.42. The summed E-state index contributed by atoms with van der Waals surface area (Å²) in [6, 6.07) is 13.7. The van der Waals surface area contributed by atoms with Gasteiger partial charge in [-0.2, -0.15) is 11.3 Å². The molecule has 5 rings (SSSR count). The summed E-state index contributed by atoms with van der Waals surface area (Å²) in [6.45, 7) is 0.557. The third-order valence-electron chi connectivity index (χ3n) is 5.74. The maximum Gasteiger partial charge on any atom is 0.311 e. The van der Waals surface area contributed by atoms with Crippen LogP contribution in [0.2, 0.25) is 0 Å². The number of nitrogens with zero attached hydrogens (tertiary/aromatic N) is 1. The largest absolute Gasteiger partial charge is 0.469 e. The molecule has 1 aromatic heterocycles. The van der Waals surface area contributed by atoms with Crippen molar-refractivity contribution in [2.75, 3.05) is 13.7 Å². The van der Waals surface area contributed by atoms with E-state index < -0.39 is 5.54 Å². The monoisotopic (exact) mass is 363 g/mol. The molecule has 2 aromatic carbocycles. The van der Waals surface area contributed by atoms with E-state index >= 15 is 0 Å². The van der Waals surface area contributed by atoms with Crippen molar-refractivity contribution in [2.24, 2.45) is 5.92 Å². The van der Waals surface area contributed by atoms with Crippen LogP contribution in [0.5, 0.6) is 0 Å². The first-order valence-electron chi connectivity index (χ1n) is 8.64. The predicted octanol–water partition coefficient (Wildman–Crippen LogP) is 3.79. The van der Waals surface area contributed by atoms with Crippen molar-refractivity contribution >= 4 is 34.0 Å². The van der Waals surface area contributed by atoms with Crippen molar-refractivity contribution in [1.29, 1.82) is 0 Å². The van der Waals surface area contributed by atoms with Gasteiger partial charge in [-0.15, -0.1) is 0 Å². The number of fused-ring (bicyclic) bond motifs is 4. The number of thiophene rings is 1. The minimum absolute atomic E-state index is 0.0191. The van der Waals surface area contributed by atoms with Crippen LogP contribution >= 0.6 is 11.3 Å². The highest BCUT2D eigenvalue weighted by atomic mass is 32.1. The van der Waals surface area contributed by atoms with Gasteiger partial charge in [0.25, 0.3) is 5.91 Å². The van der Waals surface area contributed by atoms with E-state index in [0.717, 1.165) is 21.9 Å². The molecule has 130 valence electrons. The topological polar surface area (TPSA) is 46.6 Å². The van der Waals surface area contributed by atoms with Crippen LogP contribution in [-0.4, -0.2) is 30.4 Å². The van der Waals surface area contributed by atoms with Crippen molar-refractivity contribution in [2.45, 2.75) is 12.0 Å². The Kier molecular flexibility index (Phi) is 3.25. The molecule has 0 N–H and O–H groups in total. The highest BCUT2D eigenvalue weighted by Crippen LogP contribution is 2.63. The lowest BCUT2D eigenvalue weighted by Gasteiger charge is -2.29. The van der Waals surface area contributed by atoms with Crippen molar-refractivity contribution < 1.29 is 14.3 Å². The first-order valence-corrected chi connectivity index (χ1v) is 9.58. The molecular formula is C21H17NO3S. The van der Waals surface area contributed by atoms with Crippen molar-refractivity contribution in [3.8, 4) is 0 Å². The van der Waals surface area contributed by atoms with Crippen LogP contribution in [0.4, 0.5) is 0 Å². The summed E-state index contributed by atoms with van der Waals surface area (Å²) >= 11 is 1.61. The first kappa shape index (κ1) is 15.6. The van der Waals surface area contributed by atoms with Gasteiger partial charge in [-0.1, -0.05) is 36.4 Å². The third kappa shape index (κ3) is 1.84. The maximum atomic E-state index is 13.5. The summed E-state index contributed by atoms with van der Waals surface area (Å²) in [7, 11) is 1.42. The molecule has 3 aromatic rings. The summed E-state index contributed by atoms with van der Waals surface area (Å²) in [6.07, 6.45) is 0.628. The molecule has 1 aliphatic carbocycles. The van der Waals surface area contributed by atoms with E-state index in [1.165, 1.54) is 7.11 Å². The summed E-state index contributed by atoms with van der Waals surface area (Å²) in [4.78, 5) is 27.8. The smallest absolute Gasteiger partial charge is 0.311 e. The van der Waals surface area contributed by atoms with Gasteiger partial charge in [0.2, 0.25) is 0 Å². The minimum Gasteiger partial charge on any atom is -0.469 e. The quantitative estimate of drug-likeness (QED) is 0.651. The average molecular weight is 363 g/mol. The molecule has 1 atom stereocenters. The lowest BCUT2D eigenvalue weighted by molar-refractivity contribution is -0.146. The fourth-order valence-electron chi connectivity index (χ4n) is 4.55. The predicted molar refractivity (Wildman–Crippen MR) is 100 cm³/mol. The molecule has 1 saturated heterocycles. The van der Waals surface area contributed by atoms with E-state index in [4.69, 9.17) is 4.74 Å². The van der Waals surface area contributed by atoms with Crippen molar-refractivity contribution in [1.82, 2.24) is 4.90 Å². The van der Waals surface area contributed by atoms with E-state index in [0.29, 0.717) is 18.5 Å². The molecule has 1 fully saturated rings. The van der Waals surface area contributed by atoms with Crippen LogP contribution < -0.4 is 0 Å². The number of hydrogen-bond donors (Lipinski definition) is 0. The Hall–Kier alpha value is -2.66. The van der Waals surface area contributed by atoms with E-state index in [1.807, 2.05) is 47.4 Å². The molecule has 1 amide bonds. The van der Waals surface area contributed by atoms with Crippen molar-refractivity contribution in [3.05, 3.63) is 69.9 Å². The summed E-state index contributed by atoms with van der Waals surface area (Å²) in [5, 5.41) is 6.10. The Balaban J connectivity index is 1.60. The molecule has 0 bridgehead atoms. The molecule has 1 aliphatic heterocycles. The van der Waals surface area contributed by atoms with Crippen LogP contribution in [-0.2, 0) is 15.1 Å². The highest BCUT2D eigenvalue weighted by Gasteiger charge is 2.67. The lowest BCUT2D eigenvalue weighted by Crippen LogP contribution is -2.41. The fraction of sp³-hybridized carbons (Fsp3) is 0.238. The van der Waals surface area contributed by atoms with Crippen molar-refractivity contribution in [3.63, 3.8) is 0 Å². The molecule has 4 nitrogen and oxygen atoms in total. The first-order chi connectivity index (χ1) is 12.7. The standard InChI is InChI=1S/C21H17NO3S/c1-25-20(24)16-9-10-22(21(16)17-11-26-12-18(17)21)19(23)15-8-4-6-13-5-2-3-7-14(13)15/h2-8,11-12,16H,9-10H2,1H3. The molecule has 1 unspecified atom stereocenters. The zero-order chi connectivity index (χ0) is 17.9. The third-order valence-corrected chi connectivity index (χ3v) is 6.49. The normalized spacial score (nSPS) is 19.6. The van der Waals surface area contributed by atoms with E-state index in [1.54, 1.807) is 11.3 Å². The summed E-state index contributed by atoms with van der Waals surface area (Å²) in [5.41, 5.74) is 2.30. The number of carbonyl (C=O) groups excluding carboxylic acids is 2. The zero-order valence-corrected chi connectivity index (χ0v) is 15.1.